The van der Waals surface area contributed by atoms with Crippen molar-refractivity contribution in [2.75, 3.05) is 35.0 Å². The molecule has 1 saturated carbocycles. The molecule has 1 fully saturated rings. The van der Waals surface area contributed by atoms with Crippen LogP contribution in [0.3, 0.4) is 0 Å². The largest absolute Gasteiger partial charge is 0.497 e. The molecule has 1 aliphatic carbocycles. The van der Waals surface area contributed by atoms with Crippen molar-refractivity contribution in [3.8, 4) is 0 Å². The topological polar surface area (TPSA) is 110 Å². The van der Waals surface area contributed by atoms with Crippen LogP contribution in [0, 0.1) is 5.92 Å². The molecule has 8 nitrogen and oxygen atoms in total. The molecule has 0 radical (unpaired) electrons. The Morgan fingerprint density at radius 2 is 1.48 bits per heavy atom. The fourth-order valence-electron chi connectivity index (χ4n) is 3.29. The Morgan fingerprint density at radius 3 is 2.00 bits per heavy atom. The molecule has 0 aromatic rings. The minimum atomic E-state index is -3.01. The fraction of sp³-hybridized carbons (Fsp3) is 1.00. The molecule has 4 N–H and O–H groups in total. The van der Waals surface area contributed by atoms with Gasteiger partial charge in [-0.1, -0.05) is 0 Å². The molecule has 0 aromatic heterocycles. The van der Waals surface area contributed by atoms with Gasteiger partial charge in [-0.25, -0.2) is 0 Å². The summed E-state index contributed by atoms with van der Waals surface area (Å²) in [6.45, 7) is 0.703. The van der Waals surface area contributed by atoms with E-state index in [9.17, 15) is 14.7 Å². The van der Waals surface area contributed by atoms with E-state index in [-0.39, 0.29) is 6.04 Å². The Balaban J connectivity index is 2.27. The predicted molar refractivity (Wildman–Crippen MR) is 98.0 cm³/mol. The minimum Gasteiger partial charge on any atom is -0.391 e. The molecule has 3 unspecified atom stereocenters. The number of aliphatic hydroxyl groups is 1. The Labute approximate surface area is 153 Å². The number of nitrogens with one attached hydrogen (secondary N) is 1. The van der Waals surface area contributed by atoms with Crippen LogP contribution in [0.5, 0.6) is 0 Å². The van der Waals surface area contributed by atoms with Crippen molar-refractivity contribution in [2.45, 2.75) is 56.3 Å². The third-order valence-electron chi connectivity index (χ3n) is 5.15. The number of aliphatic hydroxyl groups excluding tert-OH is 1. The van der Waals surface area contributed by atoms with E-state index in [4.69, 9.17) is 17.7 Å². The van der Waals surface area contributed by atoms with Crippen LogP contribution >= 0.6 is 0 Å². The maximum absolute atomic E-state index is 10.4. The molecule has 0 aliphatic heterocycles. The molecule has 0 amide bonds. The molecule has 1 rings (SSSR count). The molecule has 3 atom stereocenters. The van der Waals surface area contributed by atoms with Gasteiger partial charge in [0.25, 0.3) is 0 Å². The van der Waals surface area contributed by atoms with Gasteiger partial charge in [0, 0.05) is 46.6 Å². The van der Waals surface area contributed by atoms with Crippen LogP contribution in [-0.4, -0.2) is 79.4 Å². The van der Waals surface area contributed by atoms with E-state index in [0.717, 1.165) is 25.7 Å². The molecule has 0 bridgehead atoms. The van der Waals surface area contributed by atoms with Gasteiger partial charge in [-0.3, -0.25) is 0 Å². The lowest BCUT2D eigenvalue weighted by molar-refractivity contribution is 0.0619. The molecule has 1 aliphatic rings. The van der Waals surface area contributed by atoms with Crippen LogP contribution in [0.4, 0.5) is 0 Å². The SMILES string of the molecule is CO[Si](O)(CCCNC1CCC(CC[Si](O)(OC)OC)CC1O)OC. The van der Waals surface area contributed by atoms with E-state index in [1.165, 1.54) is 28.4 Å². The van der Waals surface area contributed by atoms with Crippen LogP contribution in [0.25, 0.3) is 0 Å². The molecule has 150 valence electrons. The zero-order valence-electron chi connectivity index (χ0n) is 15.9. The lowest BCUT2D eigenvalue weighted by atomic mass is 9.82. The van der Waals surface area contributed by atoms with Gasteiger partial charge in [0.05, 0.1) is 6.10 Å². The van der Waals surface area contributed by atoms with E-state index < -0.39 is 23.7 Å². The molecular weight excluding hydrogens is 362 g/mol. The molecule has 0 saturated heterocycles. The van der Waals surface area contributed by atoms with E-state index >= 15 is 0 Å². The van der Waals surface area contributed by atoms with Crippen molar-refractivity contribution in [2.24, 2.45) is 5.92 Å². The smallest absolute Gasteiger partial charge is 0.391 e. The molecule has 0 aromatic carbocycles. The van der Waals surface area contributed by atoms with E-state index in [1.54, 1.807) is 0 Å². The second-order valence-electron chi connectivity index (χ2n) is 6.69. The van der Waals surface area contributed by atoms with Gasteiger partial charge < -0.3 is 37.7 Å². The van der Waals surface area contributed by atoms with Gasteiger partial charge in [-0.05, 0) is 44.6 Å². The fourth-order valence-corrected chi connectivity index (χ4v) is 5.84. The number of hydrogen-bond acceptors (Lipinski definition) is 8. The summed E-state index contributed by atoms with van der Waals surface area (Å²) in [7, 11) is -0.130. The van der Waals surface area contributed by atoms with Crippen LogP contribution in [0.1, 0.15) is 32.1 Å². The van der Waals surface area contributed by atoms with Crippen molar-refractivity contribution < 1.29 is 32.4 Å². The van der Waals surface area contributed by atoms with Gasteiger partial charge in [0.15, 0.2) is 0 Å². The van der Waals surface area contributed by atoms with Crippen LogP contribution < -0.4 is 5.32 Å². The lowest BCUT2D eigenvalue weighted by Crippen LogP contribution is -2.46. The molecule has 10 heteroatoms. The van der Waals surface area contributed by atoms with Crippen LogP contribution in [0.15, 0.2) is 0 Å². The summed E-state index contributed by atoms with van der Waals surface area (Å²) in [6.07, 6.45) is 3.74. The zero-order valence-corrected chi connectivity index (χ0v) is 17.9. The van der Waals surface area contributed by atoms with E-state index in [1.807, 2.05) is 0 Å². The third kappa shape index (κ3) is 7.71. The molecule has 0 spiro atoms. The van der Waals surface area contributed by atoms with E-state index in [2.05, 4.69) is 5.32 Å². The van der Waals surface area contributed by atoms with Crippen molar-refractivity contribution in [1.29, 1.82) is 0 Å². The lowest BCUT2D eigenvalue weighted by Gasteiger charge is -2.34. The maximum Gasteiger partial charge on any atom is 0.497 e. The second kappa shape index (κ2) is 11.1. The van der Waals surface area contributed by atoms with Crippen molar-refractivity contribution in [3.63, 3.8) is 0 Å². The second-order valence-corrected chi connectivity index (χ2v) is 12.2. The molecule has 0 heterocycles. The normalized spacial score (nSPS) is 25.3. The summed E-state index contributed by atoms with van der Waals surface area (Å²) in [5.41, 5.74) is 0. The highest BCUT2D eigenvalue weighted by Gasteiger charge is 2.37. The van der Waals surface area contributed by atoms with Crippen LogP contribution in [-0.2, 0) is 17.7 Å². The minimum absolute atomic E-state index is 0.0667. The molecule has 25 heavy (non-hydrogen) atoms. The summed E-state index contributed by atoms with van der Waals surface area (Å²) in [4.78, 5) is 20.1. The number of hydrogen-bond donors (Lipinski definition) is 4. The van der Waals surface area contributed by atoms with Crippen molar-refractivity contribution >= 4 is 17.6 Å². The summed E-state index contributed by atoms with van der Waals surface area (Å²) >= 11 is 0. The van der Waals surface area contributed by atoms with Gasteiger partial charge in [0.2, 0.25) is 0 Å². The predicted octanol–water partition coefficient (Wildman–Crippen LogP) is 0.334. The Hall–Kier alpha value is 0.114. The van der Waals surface area contributed by atoms with Gasteiger partial charge in [-0.2, -0.15) is 0 Å². The first-order chi connectivity index (χ1) is 11.8. The number of rotatable bonds is 12. The average molecular weight is 398 g/mol. The average Bonchev–Trinajstić information content (AvgIpc) is 2.64. The van der Waals surface area contributed by atoms with Gasteiger partial charge >= 0.3 is 17.6 Å². The Kier molecular flexibility index (Phi) is 10.3. The first kappa shape index (κ1) is 23.2. The monoisotopic (exact) mass is 397 g/mol. The maximum atomic E-state index is 10.4. The molecular formula is C15H35NO7Si2. The first-order valence-electron chi connectivity index (χ1n) is 8.88. The Bertz CT molecular complexity index is 370. The summed E-state index contributed by atoms with van der Waals surface area (Å²) in [5.74, 6) is 0.372. The van der Waals surface area contributed by atoms with Crippen molar-refractivity contribution in [3.05, 3.63) is 0 Å². The zero-order chi connectivity index (χ0) is 18.9. The highest BCUT2D eigenvalue weighted by molar-refractivity contribution is 6.59. The highest BCUT2D eigenvalue weighted by atomic mass is 28.4. The van der Waals surface area contributed by atoms with Gasteiger partial charge in [0.1, 0.15) is 0 Å². The summed E-state index contributed by atoms with van der Waals surface area (Å²) in [5, 5.41) is 13.7. The van der Waals surface area contributed by atoms with Gasteiger partial charge in [-0.15, -0.1) is 0 Å². The first-order valence-corrected chi connectivity index (χ1v) is 12.8. The highest BCUT2D eigenvalue weighted by Crippen LogP contribution is 2.30. The van der Waals surface area contributed by atoms with E-state index in [0.29, 0.717) is 31.0 Å². The van der Waals surface area contributed by atoms with Crippen molar-refractivity contribution in [1.82, 2.24) is 5.32 Å². The Morgan fingerprint density at radius 1 is 0.920 bits per heavy atom. The van der Waals surface area contributed by atoms with Crippen LogP contribution in [0.2, 0.25) is 12.1 Å². The summed E-state index contributed by atoms with van der Waals surface area (Å²) < 4.78 is 20.3. The quantitative estimate of drug-likeness (QED) is 0.276. The standard InChI is InChI=1S/C15H35NO7Si2/c1-20-24(18,21-2)10-5-9-16-14-7-6-13(12-15(14)17)8-11-25(19,22-3)23-4/h13-19H,5-12H2,1-4H3. The summed E-state index contributed by atoms with van der Waals surface area (Å²) in [6, 6.07) is 1.08. The third-order valence-corrected chi connectivity index (χ3v) is 9.60.